The summed E-state index contributed by atoms with van der Waals surface area (Å²) >= 11 is 0. The van der Waals surface area contributed by atoms with Crippen LogP contribution in [-0.4, -0.2) is 61.0 Å². The molecule has 0 aromatic carbocycles. The van der Waals surface area contributed by atoms with Crippen LogP contribution in [0, 0.1) is 5.92 Å². The molecule has 0 radical (unpaired) electrons. The molecule has 22 heavy (non-hydrogen) atoms. The van der Waals surface area contributed by atoms with E-state index in [4.69, 9.17) is 9.47 Å². The summed E-state index contributed by atoms with van der Waals surface area (Å²) in [5, 5.41) is 10.2. The van der Waals surface area contributed by atoms with Gasteiger partial charge in [-0.2, -0.15) is 0 Å². The normalized spacial score (nSPS) is 25.8. The fourth-order valence-corrected chi connectivity index (χ4v) is 3.50. The summed E-state index contributed by atoms with van der Waals surface area (Å²) < 4.78 is 10.9. The lowest BCUT2D eigenvalue weighted by Crippen LogP contribution is -2.44. The molecule has 2 atom stereocenters. The molecule has 0 amide bonds. The minimum absolute atomic E-state index is 0.0415. The number of rotatable bonds is 7. The van der Waals surface area contributed by atoms with E-state index in [1.165, 1.54) is 19.3 Å². The Kier molecular flexibility index (Phi) is 7.63. The molecule has 0 spiro atoms. The molecule has 1 N–H and O–H groups in total. The van der Waals surface area contributed by atoms with E-state index >= 15 is 0 Å². The number of carbonyl (C=O) groups excluding carboxylic acids is 1. The van der Waals surface area contributed by atoms with E-state index in [-0.39, 0.29) is 11.9 Å². The number of aliphatic hydroxyl groups excluding tert-OH is 1. The Morgan fingerprint density at radius 1 is 1.23 bits per heavy atom. The van der Waals surface area contributed by atoms with Gasteiger partial charge in [-0.1, -0.05) is 19.3 Å². The van der Waals surface area contributed by atoms with Crippen LogP contribution in [0.1, 0.15) is 51.9 Å². The highest BCUT2D eigenvalue weighted by Gasteiger charge is 2.28. The summed E-state index contributed by atoms with van der Waals surface area (Å²) in [6.07, 6.45) is 7.79. The fourth-order valence-electron chi connectivity index (χ4n) is 3.50. The average molecular weight is 313 g/mol. The van der Waals surface area contributed by atoms with Crippen LogP contribution in [0.15, 0.2) is 0 Å². The first-order valence-corrected chi connectivity index (χ1v) is 8.87. The minimum Gasteiger partial charge on any atom is -0.466 e. The van der Waals surface area contributed by atoms with Crippen molar-refractivity contribution < 1.29 is 19.4 Å². The smallest absolute Gasteiger partial charge is 0.310 e. The van der Waals surface area contributed by atoms with Gasteiger partial charge in [0.2, 0.25) is 0 Å². The van der Waals surface area contributed by atoms with Gasteiger partial charge in [-0.3, -0.25) is 9.69 Å². The van der Waals surface area contributed by atoms with Crippen molar-refractivity contribution in [2.45, 2.75) is 64.1 Å². The molecule has 0 aromatic rings. The molecule has 5 heteroatoms. The third-order valence-corrected chi connectivity index (χ3v) is 4.67. The molecule has 1 saturated heterocycles. The number of nitrogens with zero attached hydrogens (tertiary/aromatic N) is 1. The maximum absolute atomic E-state index is 11.8. The molecule has 1 aliphatic carbocycles. The number of hydrogen-bond donors (Lipinski definition) is 1. The first kappa shape index (κ1) is 17.7. The van der Waals surface area contributed by atoms with E-state index in [0.717, 1.165) is 32.2 Å². The molecule has 2 aliphatic rings. The molecule has 2 rings (SSSR count). The van der Waals surface area contributed by atoms with E-state index in [1.807, 2.05) is 6.92 Å². The van der Waals surface area contributed by atoms with Crippen molar-refractivity contribution in [3.63, 3.8) is 0 Å². The quantitative estimate of drug-likeness (QED) is 0.728. The van der Waals surface area contributed by atoms with E-state index in [1.54, 1.807) is 0 Å². The third kappa shape index (κ3) is 5.86. The number of aliphatic hydroxyl groups is 1. The molecule has 1 heterocycles. The zero-order valence-corrected chi connectivity index (χ0v) is 13.8. The highest BCUT2D eigenvalue weighted by molar-refractivity contribution is 5.72. The Morgan fingerprint density at radius 3 is 2.73 bits per heavy atom. The second-order valence-electron chi connectivity index (χ2n) is 6.60. The third-order valence-electron chi connectivity index (χ3n) is 4.67. The molecular weight excluding hydrogens is 282 g/mol. The molecule has 2 fully saturated rings. The van der Waals surface area contributed by atoms with E-state index in [0.29, 0.717) is 32.4 Å². The van der Waals surface area contributed by atoms with E-state index < -0.39 is 6.10 Å². The Balaban J connectivity index is 1.66. The van der Waals surface area contributed by atoms with Crippen molar-refractivity contribution in [1.82, 2.24) is 4.90 Å². The Morgan fingerprint density at radius 2 is 2.00 bits per heavy atom. The Bertz CT molecular complexity index is 331. The molecule has 5 nitrogen and oxygen atoms in total. The summed E-state index contributed by atoms with van der Waals surface area (Å²) in [7, 11) is 0. The maximum Gasteiger partial charge on any atom is 0.310 e. The standard InChI is InChI=1S/C17H31NO4/c1-2-21-17(20)14-7-6-10-18(11-14)12-15(19)13-22-16-8-4-3-5-9-16/h14-16,19H,2-13H2,1H3/t14-,15-/m0/s1. The summed E-state index contributed by atoms with van der Waals surface area (Å²) in [5.74, 6) is -0.139. The van der Waals surface area contributed by atoms with Gasteiger partial charge in [-0.25, -0.2) is 0 Å². The van der Waals surface area contributed by atoms with Gasteiger partial charge in [-0.15, -0.1) is 0 Å². The summed E-state index contributed by atoms with van der Waals surface area (Å²) in [6.45, 7) is 4.90. The first-order chi connectivity index (χ1) is 10.7. The van der Waals surface area contributed by atoms with Gasteiger partial charge >= 0.3 is 5.97 Å². The number of carbonyl (C=O) groups is 1. The number of esters is 1. The van der Waals surface area contributed by atoms with Gasteiger partial charge in [0, 0.05) is 13.1 Å². The number of likely N-dealkylation sites (tertiary alicyclic amines) is 1. The van der Waals surface area contributed by atoms with Gasteiger partial charge in [0.05, 0.1) is 31.3 Å². The van der Waals surface area contributed by atoms with Crippen molar-refractivity contribution in [1.29, 1.82) is 0 Å². The molecule has 0 unspecified atom stereocenters. The Labute approximate surface area is 134 Å². The lowest BCUT2D eigenvalue weighted by Gasteiger charge is -2.33. The first-order valence-electron chi connectivity index (χ1n) is 8.87. The van der Waals surface area contributed by atoms with Crippen LogP contribution in [0.25, 0.3) is 0 Å². The summed E-state index contributed by atoms with van der Waals surface area (Å²) in [4.78, 5) is 14.0. The highest BCUT2D eigenvalue weighted by Crippen LogP contribution is 2.21. The summed E-state index contributed by atoms with van der Waals surface area (Å²) in [6, 6.07) is 0. The zero-order chi connectivity index (χ0) is 15.8. The number of ether oxygens (including phenoxy) is 2. The topological polar surface area (TPSA) is 59.0 Å². The predicted molar refractivity (Wildman–Crippen MR) is 84.6 cm³/mol. The van der Waals surface area contributed by atoms with Crippen LogP contribution in [-0.2, 0) is 14.3 Å². The molecule has 128 valence electrons. The highest BCUT2D eigenvalue weighted by atomic mass is 16.5. The second kappa shape index (κ2) is 9.48. The summed E-state index contributed by atoms with van der Waals surface area (Å²) in [5.41, 5.74) is 0. The van der Waals surface area contributed by atoms with Gasteiger partial charge in [0.25, 0.3) is 0 Å². The lowest BCUT2D eigenvalue weighted by molar-refractivity contribution is -0.150. The monoisotopic (exact) mass is 313 g/mol. The van der Waals surface area contributed by atoms with Crippen LogP contribution in [0.2, 0.25) is 0 Å². The van der Waals surface area contributed by atoms with Gasteiger partial charge in [0.1, 0.15) is 0 Å². The fraction of sp³-hybridized carbons (Fsp3) is 0.941. The molecular formula is C17H31NO4. The van der Waals surface area contributed by atoms with Crippen molar-refractivity contribution in [3.8, 4) is 0 Å². The van der Waals surface area contributed by atoms with Crippen LogP contribution >= 0.6 is 0 Å². The SMILES string of the molecule is CCOC(=O)[C@H]1CCCN(C[C@H](O)COC2CCCCC2)C1. The van der Waals surface area contributed by atoms with Gasteiger partial charge < -0.3 is 14.6 Å². The lowest BCUT2D eigenvalue weighted by atomic mass is 9.97. The molecule has 0 bridgehead atoms. The van der Waals surface area contributed by atoms with Crippen molar-refractivity contribution in [2.75, 3.05) is 32.8 Å². The van der Waals surface area contributed by atoms with Crippen LogP contribution in [0.4, 0.5) is 0 Å². The molecule has 0 aromatic heterocycles. The van der Waals surface area contributed by atoms with Crippen molar-refractivity contribution in [2.24, 2.45) is 5.92 Å². The van der Waals surface area contributed by atoms with Crippen LogP contribution in [0.3, 0.4) is 0 Å². The van der Waals surface area contributed by atoms with E-state index in [2.05, 4.69) is 4.90 Å². The van der Waals surface area contributed by atoms with Gasteiger partial charge in [-0.05, 0) is 39.2 Å². The number of piperidine rings is 1. The predicted octanol–water partition coefficient (Wildman–Crippen LogP) is 1.97. The zero-order valence-electron chi connectivity index (χ0n) is 13.8. The average Bonchev–Trinajstić information content (AvgIpc) is 2.54. The second-order valence-corrected chi connectivity index (χ2v) is 6.60. The van der Waals surface area contributed by atoms with Crippen LogP contribution < -0.4 is 0 Å². The largest absolute Gasteiger partial charge is 0.466 e. The maximum atomic E-state index is 11.8. The van der Waals surface area contributed by atoms with Crippen molar-refractivity contribution in [3.05, 3.63) is 0 Å². The van der Waals surface area contributed by atoms with Gasteiger partial charge in [0.15, 0.2) is 0 Å². The number of β-amino-alcohol motifs (C(OH)–C–C–N with tert-alkyl or cyclic N) is 1. The van der Waals surface area contributed by atoms with E-state index in [9.17, 15) is 9.90 Å². The molecule has 1 aliphatic heterocycles. The molecule has 1 saturated carbocycles. The Hall–Kier alpha value is -0.650. The van der Waals surface area contributed by atoms with Crippen LogP contribution in [0.5, 0.6) is 0 Å². The number of hydrogen-bond acceptors (Lipinski definition) is 5. The van der Waals surface area contributed by atoms with Crippen molar-refractivity contribution >= 4 is 5.97 Å². The minimum atomic E-state index is -0.470.